The number of hydrogen-bond acceptors (Lipinski definition) is 4. The third-order valence-corrected chi connectivity index (χ3v) is 4.07. The lowest BCUT2D eigenvalue weighted by molar-refractivity contribution is -0.140. The molecule has 0 aliphatic rings. The molecule has 10 heteroatoms. The summed E-state index contributed by atoms with van der Waals surface area (Å²) in [6.45, 7) is 1.36. The number of benzene rings is 1. The molecule has 0 spiro atoms. The molecule has 0 aliphatic heterocycles. The quantitative estimate of drug-likeness (QED) is 0.648. The number of furan rings is 1. The smallest absolute Gasteiger partial charge is 0.419 e. The van der Waals surface area contributed by atoms with Crippen LogP contribution in [0.1, 0.15) is 12.5 Å². The van der Waals surface area contributed by atoms with Gasteiger partial charge in [-0.1, -0.05) is 6.92 Å². The van der Waals surface area contributed by atoms with E-state index in [-0.39, 0.29) is 12.2 Å². The molecule has 1 aromatic carbocycles. The number of anilines is 1. The van der Waals surface area contributed by atoms with E-state index in [1.165, 1.54) is 25.3 Å². The van der Waals surface area contributed by atoms with Gasteiger partial charge in [0.1, 0.15) is 11.5 Å². The summed E-state index contributed by atoms with van der Waals surface area (Å²) >= 11 is 0. The first-order valence-corrected chi connectivity index (χ1v) is 8.45. The number of carbonyl (C=O) groups excluding carboxylic acids is 1. The summed E-state index contributed by atoms with van der Waals surface area (Å²) in [6.07, 6.45) is -3.44. The topological polar surface area (TPSA) is 77.1 Å². The first-order chi connectivity index (χ1) is 13.6. The molecule has 0 fully saturated rings. The Labute approximate surface area is 161 Å². The molecule has 1 unspecified atom stereocenters. The maximum Gasteiger partial charge on any atom is 0.419 e. The van der Waals surface area contributed by atoms with E-state index < -0.39 is 34.9 Å². The van der Waals surface area contributed by atoms with Crippen LogP contribution in [-0.2, 0) is 17.5 Å². The maximum atomic E-state index is 13.4. The van der Waals surface area contributed by atoms with Crippen molar-refractivity contribution < 1.29 is 26.8 Å². The van der Waals surface area contributed by atoms with Gasteiger partial charge in [-0.15, -0.1) is 0 Å². The van der Waals surface area contributed by atoms with E-state index in [2.05, 4.69) is 10.4 Å². The number of amides is 1. The van der Waals surface area contributed by atoms with E-state index in [1.807, 2.05) is 0 Å². The Morgan fingerprint density at radius 2 is 2.00 bits per heavy atom. The van der Waals surface area contributed by atoms with Gasteiger partial charge in [0.15, 0.2) is 5.76 Å². The Bertz CT molecular complexity index is 1080. The molecule has 1 atom stereocenters. The molecule has 2 heterocycles. The van der Waals surface area contributed by atoms with Gasteiger partial charge >= 0.3 is 6.18 Å². The van der Waals surface area contributed by atoms with E-state index in [4.69, 9.17) is 4.42 Å². The Kier molecular flexibility index (Phi) is 5.53. The van der Waals surface area contributed by atoms with E-state index >= 15 is 0 Å². The number of aromatic nitrogens is 2. The highest BCUT2D eigenvalue weighted by atomic mass is 19.4. The van der Waals surface area contributed by atoms with Crippen LogP contribution in [0.4, 0.5) is 23.2 Å². The average molecular weight is 409 g/mol. The van der Waals surface area contributed by atoms with Crippen LogP contribution in [-0.4, -0.2) is 15.7 Å². The monoisotopic (exact) mass is 409 g/mol. The second kappa shape index (κ2) is 7.90. The first-order valence-electron chi connectivity index (χ1n) is 8.45. The van der Waals surface area contributed by atoms with Crippen molar-refractivity contribution in [3.63, 3.8) is 0 Å². The fourth-order valence-electron chi connectivity index (χ4n) is 2.56. The molecule has 3 rings (SSSR count). The second-order valence-corrected chi connectivity index (χ2v) is 6.30. The molecule has 152 valence electrons. The number of hydrogen-bond donors (Lipinski definition) is 1. The van der Waals surface area contributed by atoms with Crippen molar-refractivity contribution in [3.05, 3.63) is 70.5 Å². The zero-order chi connectivity index (χ0) is 21.2. The minimum absolute atomic E-state index is 0.119. The molecule has 0 saturated heterocycles. The molecule has 1 amide bonds. The standard InChI is InChI=1S/C19H15F4N3O3/c1-11(10-26-17(27)7-6-15(25-26)16-3-2-8-29-16)18(28)24-12-4-5-14(20)13(9-12)19(21,22)23/h2-9,11H,10H2,1H3,(H,24,28). The lowest BCUT2D eigenvalue weighted by atomic mass is 10.1. The van der Waals surface area contributed by atoms with Gasteiger partial charge in [-0.05, 0) is 36.4 Å². The molecule has 0 saturated carbocycles. The number of halogens is 4. The Hall–Kier alpha value is -3.43. The molecular formula is C19H15F4N3O3. The largest absolute Gasteiger partial charge is 0.463 e. The lowest BCUT2D eigenvalue weighted by Crippen LogP contribution is -2.31. The zero-order valence-electron chi connectivity index (χ0n) is 15.0. The molecular weight excluding hydrogens is 394 g/mol. The van der Waals surface area contributed by atoms with Crippen molar-refractivity contribution in [1.82, 2.24) is 9.78 Å². The molecule has 1 N–H and O–H groups in total. The number of carbonyl (C=O) groups is 1. The van der Waals surface area contributed by atoms with E-state index in [0.717, 1.165) is 10.7 Å². The predicted octanol–water partition coefficient (Wildman–Crippen LogP) is 3.94. The fourth-order valence-corrected chi connectivity index (χ4v) is 2.56. The Morgan fingerprint density at radius 3 is 2.66 bits per heavy atom. The summed E-state index contributed by atoms with van der Waals surface area (Å²) in [5.41, 5.74) is -1.76. The Morgan fingerprint density at radius 1 is 1.24 bits per heavy atom. The summed E-state index contributed by atoms with van der Waals surface area (Å²) in [5, 5.41) is 6.43. The molecule has 0 aliphatic carbocycles. The highest BCUT2D eigenvalue weighted by Crippen LogP contribution is 2.33. The van der Waals surface area contributed by atoms with Gasteiger partial charge in [0.25, 0.3) is 5.56 Å². The van der Waals surface area contributed by atoms with Gasteiger partial charge in [-0.2, -0.15) is 18.3 Å². The number of alkyl halides is 3. The third kappa shape index (κ3) is 4.71. The highest BCUT2D eigenvalue weighted by molar-refractivity contribution is 5.92. The number of nitrogens with one attached hydrogen (secondary N) is 1. The first kappa shape index (κ1) is 20.3. The SMILES string of the molecule is CC(Cn1nc(-c2ccco2)ccc1=O)C(=O)Nc1ccc(F)c(C(F)(F)F)c1. The van der Waals surface area contributed by atoms with Crippen LogP contribution in [0.3, 0.4) is 0 Å². The lowest BCUT2D eigenvalue weighted by Gasteiger charge is -2.15. The maximum absolute atomic E-state index is 13.4. The predicted molar refractivity (Wildman–Crippen MR) is 95.4 cm³/mol. The van der Waals surface area contributed by atoms with Crippen LogP contribution >= 0.6 is 0 Å². The van der Waals surface area contributed by atoms with Crippen molar-refractivity contribution in [3.8, 4) is 11.5 Å². The van der Waals surface area contributed by atoms with Crippen molar-refractivity contribution in [2.24, 2.45) is 5.92 Å². The van der Waals surface area contributed by atoms with Crippen LogP contribution in [0, 0.1) is 11.7 Å². The normalized spacial score (nSPS) is 12.6. The van der Waals surface area contributed by atoms with Gasteiger partial charge in [0.05, 0.1) is 24.3 Å². The van der Waals surface area contributed by atoms with E-state index in [1.54, 1.807) is 12.1 Å². The minimum Gasteiger partial charge on any atom is -0.463 e. The van der Waals surface area contributed by atoms with Crippen LogP contribution < -0.4 is 10.9 Å². The fraction of sp³-hybridized carbons (Fsp3) is 0.211. The molecule has 2 aromatic heterocycles. The third-order valence-electron chi connectivity index (χ3n) is 4.07. The van der Waals surface area contributed by atoms with Crippen LogP contribution in [0.15, 0.2) is 57.9 Å². The molecule has 0 bridgehead atoms. The summed E-state index contributed by atoms with van der Waals surface area (Å²) in [6, 6.07) is 8.21. The minimum atomic E-state index is -4.89. The van der Waals surface area contributed by atoms with Crippen molar-refractivity contribution >= 4 is 11.6 Å². The van der Waals surface area contributed by atoms with Gasteiger partial charge in [0, 0.05) is 11.8 Å². The Balaban J connectivity index is 1.75. The van der Waals surface area contributed by atoms with Gasteiger partial charge in [-0.3, -0.25) is 9.59 Å². The van der Waals surface area contributed by atoms with E-state index in [0.29, 0.717) is 23.6 Å². The van der Waals surface area contributed by atoms with Crippen LogP contribution in [0.25, 0.3) is 11.5 Å². The summed E-state index contributed by atoms with van der Waals surface area (Å²) < 4.78 is 58.1. The zero-order valence-corrected chi connectivity index (χ0v) is 15.0. The van der Waals surface area contributed by atoms with Crippen molar-refractivity contribution in [1.29, 1.82) is 0 Å². The summed E-state index contributed by atoms with van der Waals surface area (Å²) in [4.78, 5) is 24.4. The molecule has 0 radical (unpaired) electrons. The van der Waals surface area contributed by atoms with Crippen LogP contribution in [0.5, 0.6) is 0 Å². The van der Waals surface area contributed by atoms with Crippen LogP contribution in [0.2, 0.25) is 0 Å². The molecule has 3 aromatic rings. The van der Waals surface area contributed by atoms with Crippen molar-refractivity contribution in [2.45, 2.75) is 19.6 Å². The number of rotatable bonds is 5. The van der Waals surface area contributed by atoms with Gasteiger partial charge in [0.2, 0.25) is 5.91 Å². The molecule has 6 nitrogen and oxygen atoms in total. The average Bonchev–Trinajstić information content (AvgIpc) is 3.18. The van der Waals surface area contributed by atoms with Gasteiger partial charge < -0.3 is 9.73 Å². The molecule has 29 heavy (non-hydrogen) atoms. The number of nitrogens with zero attached hydrogens (tertiary/aromatic N) is 2. The van der Waals surface area contributed by atoms with Crippen molar-refractivity contribution in [2.75, 3.05) is 5.32 Å². The second-order valence-electron chi connectivity index (χ2n) is 6.30. The summed E-state index contributed by atoms with van der Waals surface area (Å²) in [7, 11) is 0. The summed E-state index contributed by atoms with van der Waals surface area (Å²) in [5.74, 6) is -2.47. The van der Waals surface area contributed by atoms with E-state index in [9.17, 15) is 27.2 Å². The van der Waals surface area contributed by atoms with Gasteiger partial charge in [-0.25, -0.2) is 9.07 Å². The highest BCUT2D eigenvalue weighted by Gasteiger charge is 2.34.